The van der Waals surface area contributed by atoms with E-state index in [0.29, 0.717) is 22.7 Å². The average Bonchev–Trinajstić information content (AvgIpc) is 2.76. The van der Waals surface area contributed by atoms with Crippen LogP contribution in [0.1, 0.15) is 31.8 Å². The van der Waals surface area contributed by atoms with Gasteiger partial charge in [-0.2, -0.15) is 0 Å². The fourth-order valence-electron chi connectivity index (χ4n) is 2.68. The third-order valence-corrected chi connectivity index (χ3v) is 4.28. The molecule has 0 atom stereocenters. The van der Waals surface area contributed by atoms with Crippen LogP contribution in [0.2, 0.25) is 0 Å². The summed E-state index contributed by atoms with van der Waals surface area (Å²) < 4.78 is 11.3. The molecule has 0 amide bonds. The molecule has 7 heteroatoms. The number of hydrogen-bond donors (Lipinski definition) is 2. The van der Waals surface area contributed by atoms with Crippen LogP contribution in [-0.4, -0.2) is 35.5 Å². The van der Waals surface area contributed by atoms with E-state index < -0.39 is 11.9 Å². The Morgan fingerprint density at radius 2 is 1.50 bits per heavy atom. The van der Waals surface area contributed by atoms with Gasteiger partial charge in [0.05, 0.1) is 23.9 Å². The summed E-state index contributed by atoms with van der Waals surface area (Å²) in [6, 6.07) is 18.0. The first-order valence-electron chi connectivity index (χ1n) is 8.97. The number of ether oxygens (including phenoxy) is 2. The molecule has 0 aliphatic rings. The Kier molecular flexibility index (Phi) is 6.44. The summed E-state index contributed by atoms with van der Waals surface area (Å²) in [5.74, 6) is -0.956. The number of aliphatic imine (C=N–C) groups is 1. The number of rotatable bonds is 8. The van der Waals surface area contributed by atoms with Crippen LogP contribution in [0.25, 0.3) is 0 Å². The van der Waals surface area contributed by atoms with Gasteiger partial charge in [-0.05, 0) is 54.1 Å². The number of carbonyl (C=O) groups is 2. The Bertz CT molecular complexity index is 1070. The molecule has 0 spiro atoms. The van der Waals surface area contributed by atoms with Crippen molar-refractivity contribution in [1.29, 1.82) is 0 Å². The molecular weight excluding hydrogens is 386 g/mol. The van der Waals surface area contributed by atoms with Crippen LogP contribution in [-0.2, 0) is 6.61 Å². The molecule has 0 aliphatic heterocycles. The maximum absolute atomic E-state index is 11.0. The van der Waals surface area contributed by atoms with Crippen LogP contribution < -0.4 is 9.47 Å². The molecule has 3 rings (SSSR count). The van der Waals surface area contributed by atoms with E-state index in [9.17, 15) is 9.59 Å². The highest BCUT2D eigenvalue weighted by molar-refractivity contribution is 5.89. The monoisotopic (exact) mass is 405 g/mol. The van der Waals surface area contributed by atoms with Gasteiger partial charge in [-0.25, -0.2) is 9.59 Å². The van der Waals surface area contributed by atoms with Gasteiger partial charge in [0.25, 0.3) is 0 Å². The first-order valence-corrected chi connectivity index (χ1v) is 8.97. The van der Waals surface area contributed by atoms with Crippen molar-refractivity contribution in [3.05, 3.63) is 89.0 Å². The summed E-state index contributed by atoms with van der Waals surface area (Å²) in [7, 11) is 1.54. The minimum absolute atomic E-state index is 0.188. The largest absolute Gasteiger partial charge is 0.493 e. The Balaban J connectivity index is 1.80. The highest BCUT2D eigenvalue weighted by atomic mass is 16.5. The van der Waals surface area contributed by atoms with E-state index >= 15 is 0 Å². The minimum atomic E-state index is -0.995. The number of hydrogen-bond acceptors (Lipinski definition) is 5. The van der Waals surface area contributed by atoms with Crippen molar-refractivity contribution in [3.63, 3.8) is 0 Å². The van der Waals surface area contributed by atoms with Crippen molar-refractivity contribution in [2.75, 3.05) is 7.11 Å². The van der Waals surface area contributed by atoms with Crippen LogP contribution in [0, 0.1) is 0 Å². The van der Waals surface area contributed by atoms with Gasteiger partial charge in [0.2, 0.25) is 0 Å². The minimum Gasteiger partial charge on any atom is -0.493 e. The van der Waals surface area contributed by atoms with Gasteiger partial charge in [-0.1, -0.05) is 18.2 Å². The van der Waals surface area contributed by atoms with Crippen LogP contribution in [0.15, 0.2) is 71.7 Å². The van der Waals surface area contributed by atoms with Gasteiger partial charge < -0.3 is 19.7 Å². The van der Waals surface area contributed by atoms with Crippen molar-refractivity contribution in [2.24, 2.45) is 4.99 Å². The summed E-state index contributed by atoms with van der Waals surface area (Å²) in [4.78, 5) is 26.3. The van der Waals surface area contributed by atoms with E-state index in [4.69, 9.17) is 19.7 Å². The highest BCUT2D eigenvalue weighted by Crippen LogP contribution is 2.31. The Morgan fingerprint density at radius 3 is 2.07 bits per heavy atom. The molecule has 0 aromatic heterocycles. The van der Waals surface area contributed by atoms with Crippen LogP contribution >= 0.6 is 0 Å². The first kappa shape index (κ1) is 20.6. The topological polar surface area (TPSA) is 105 Å². The van der Waals surface area contributed by atoms with Crippen LogP contribution in [0.3, 0.4) is 0 Å². The third kappa shape index (κ3) is 5.02. The molecule has 0 heterocycles. The maximum Gasteiger partial charge on any atom is 0.335 e. The fourth-order valence-corrected chi connectivity index (χ4v) is 2.68. The quantitative estimate of drug-likeness (QED) is 0.538. The lowest BCUT2D eigenvalue weighted by molar-refractivity contribution is 0.0686. The zero-order valence-electron chi connectivity index (χ0n) is 16.1. The van der Waals surface area contributed by atoms with Crippen molar-refractivity contribution in [2.45, 2.75) is 6.61 Å². The molecule has 3 aromatic rings. The molecule has 0 bridgehead atoms. The number of benzene rings is 3. The molecule has 0 saturated heterocycles. The van der Waals surface area contributed by atoms with E-state index in [0.717, 1.165) is 5.56 Å². The fraction of sp³-hybridized carbons (Fsp3) is 0.0870. The zero-order chi connectivity index (χ0) is 21.5. The lowest BCUT2D eigenvalue weighted by Gasteiger charge is -2.13. The average molecular weight is 405 g/mol. The molecule has 7 nitrogen and oxygen atoms in total. The Hall–Kier alpha value is -4.13. The molecule has 0 unspecified atom stereocenters. The molecule has 0 radical (unpaired) electrons. The zero-order valence-corrected chi connectivity index (χ0v) is 16.1. The van der Waals surface area contributed by atoms with Gasteiger partial charge in [0, 0.05) is 11.8 Å². The lowest BCUT2D eigenvalue weighted by Crippen LogP contribution is -2.02. The summed E-state index contributed by atoms with van der Waals surface area (Å²) in [5.41, 5.74) is 2.47. The second-order valence-electron chi connectivity index (χ2n) is 6.28. The van der Waals surface area contributed by atoms with E-state index in [2.05, 4.69) is 4.99 Å². The summed E-state index contributed by atoms with van der Waals surface area (Å²) in [6.45, 7) is 0.217. The predicted octanol–water partition coefficient (Wildman–Crippen LogP) is 4.42. The number of methoxy groups -OCH3 is 1. The summed E-state index contributed by atoms with van der Waals surface area (Å²) in [5, 5.41) is 18.0. The van der Waals surface area contributed by atoms with Gasteiger partial charge in [0.15, 0.2) is 11.5 Å². The van der Waals surface area contributed by atoms with Crippen molar-refractivity contribution in [3.8, 4) is 11.5 Å². The molecule has 2 N–H and O–H groups in total. The second-order valence-corrected chi connectivity index (χ2v) is 6.28. The van der Waals surface area contributed by atoms with Crippen molar-refractivity contribution >= 4 is 23.8 Å². The number of aromatic carboxylic acids is 2. The van der Waals surface area contributed by atoms with E-state index in [1.165, 1.54) is 31.4 Å². The molecule has 0 aliphatic carbocycles. The molecule has 30 heavy (non-hydrogen) atoms. The molecule has 3 aromatic carbocycles. The van der Waals surface area contributed by atoms with Crippen molar-refractivity contribution < 1.29 is 29.3 Å². The predicted molar refractivity (Wildman–Crippen MR) is 111 cm³/mol. The standard InChI is InChI=1S/C23H19NO6/c1-29-20-4-2-3-18(13-24-19-11-9-17(10-12-19)23(27)28)21(20)30-14-15-5-7-16(8-6-15)22(25)26/h2-13H,14H2,1H3,(H,25,26)(H,27,28). The number of para-hydroxylation sites is 1. The molecule has 152 valence electrons. The van der Waals surface area contributed by atoms with Gasteiger partial charge in [0.1, 0.15) is 6.61 Å². The SMILES string of the molecule is COc1cccc(C=Nc2ccc(C(=O)O)cc2)c1OCc1ccc(C(=O)O)cc1. The normalized spacial score (nSPS) is 10.7. The lowest BCUT2D eigenvalue weighted by atomic mass is 10.1. The maximum atomic E-state index is 11.0. The van der Waals surface area contributed by atoms with Gasteiger partial charge in [-0.3, -0.25) is 4.99 Å². The second kappa shape index (κ2) is 9.38. The number of carboxylic acid groups (broad SMARTS) is 2. The third-order valence-electron chi connectivity index (χ3n) is 4.28. The highest BCUT2D eigenvalue weighted by Gasteiger charge is 2.10. The van der Waals surface area contributed by atoms with Crippen LogP contribution in [0.5, 0.6) is 11.5 Å². The van der Waals surface area contributed by atoms with Gasteiger partial charge >= 0.3 is 11.9 Å². The van der Waals surface area contributed by atoms with E-state index in [1.807, 2.05) is 12.1 Å². The molecule has 0 fully saturated rings. The first-order chi connectivity index (χ1) is 14.5. The van der Waals surface area contributed by atoms with E-state index in [-0.39, 0.29) is 17.7 Å². The number of carboxylic acids is 2. The summed E-state index contributed by atoms with van der Waals surface area (Å²) in [6.07, 6.45) is 1.61. The van der Waals surface area contributed by atoms with E-state index in [1.54, 1.807) is 36.5 Å². The number of nitrogens with zero attached hydrogens (tertiary/aromatic N) is 1. The summed E-state index contributed by atoms with van der Waals surface area (Å²) >= 11 is 0. The molecular formula is C23H19NO6. The van der Waals surface area contributed by atoms with Crippen LogP contribution in [0.4, 0.5) is 5.69 Å². The molecule has 0 saturated carbocycles. The Labute approximate surface area is 172 Å². The van der Waals surface area contributed by atoms with Crippen molar-refractivity contribution in [1.82, 2.24) is 0 Å². The van der Waals surface area contributed by atoms with Gasteiger partial charge in [-0.15, -0.1) is 0 Å². The smallest absolute Gasteiger partial charge is 0.335 e. The Morgan fingerprint density at radius 1 is 0.900 bits per heavy atom.